The number of nitrogens with zero attached hydrogens (tertiary/aromatic N) is 2. The Kier molecular flexibility index (Phi) is 3.99. The Morgan fingerprint density at radius 2 is 1.91 bits per heavy atom. The molecular formula is C18H16ClFN2. The van der Waals surface area contributed by atoms with Gasteiger partial charge < -0.3 is 4.57 Å². The lowest BCUT2D eigenvalue weighted by atomic mass is 9.87. The van der Waals surface area contributed by atoms with E-state index < -0.39 is 5.67 Å². The standard InChI is InChI=1S/C18H16ClFN2/c1-14-3-2-4-16(11-14)18(20,12-22-10-9-21-13-22)15-5-7-17(19)8-6-15/h2-11,13H,12H2,1H3. The van der Waals surface area contributed by atoms with Gasteiger partial charge in [0.25, 0.3) is 0 Å². The zero-order chi connectivity index (χ0) is 15.6. The summed E-state index contributed by atoms with van der Waals surface area (Å²) in [5, 5.41) is 0.595. The average Bonchev–Trinajstić information content (AvgIpc) is 3.00. The number of aryl methyl sites for hydroxylation is 1. The second-order valence-corrected chi connectivity index (χ2v) is 5.85. The number of halogens is 2. The highest BCUT2D eigenvalue weighted by molar-refractivity contribution is 6.30. The van der Waals surface area contributed by atoms with E-state index in [1.165, 1.54) is 0 Å². The number of benzene rings is 2. The third-order valence-electron chi connectivity index (χ3n) is 3.74. The molecule has 0 aliphatic heterocycles. The van der Waals surface area contributed by atoms with Gasteiger partial charge in [-0.3, -0.25) is 0 Å². The van der Waals surface area contributed by atoms with Crippen LogP contribution in [-0.4, -0.2) is 9.55 Å². The molecule has 1 unspecified atom stereocenters. The molecule has 112 valence electrons. The average molecular weight is 315 g/mol. The number of hydrogen-bond acceptors (Lipinski definition) is 1. The van der Waals surface area contributed by atoms with Crippen LogP contribution in [0.4, 0.5) is 4.39 Å². The molecule has 1 aromatic heterocycles. The van der Waals surface area contributed by atoms with E-state index in [1.807, 2.05) is 31.2 Å². The van der Waals surface area contributed by atoms with Crippen LogP contribution in [0.5, 0.6) is 0 Å². The molecule has 0 spiro atoms. The van der Waals surface area contributed by atoms with E-state index in [0.717, 1.165) is 5.56 Å². The van der Waals surface area contributed by atoms with Crippen LogP contribution in [0.3, 0.4) is 0 Å². The van der Waals surface area contributed by atoms with Crippen molar-refractivity contribution in [3.63, 3.8) is 0 Å². The first-order valence-electron chi connectivity index (χ1n) is 7.06. The molecule has 0 bridgehead atoms. The fraction of sp³-hybridized carbons (Fsp3) is 0.167. The molecule has 0 fully saturated rings. The zero-order valence-electron chi connectivity index (χ0n) is 12.2. The molecule has 1 atom stereocenters. The van der Waals surface area contributed by atoms with Crippen molar-refractivity contribution in [3.8, 4) is 0 Å². The Balaban J connectivity index is 2.10. The van der Waals surface area contributed by atoms with Gasteiger partial charge in [0.05, 0.1) is 12.9 Å². The highest BCUT2D eigenvalue weighted by atomic mass is 35.5. The predicted molar refractivity (Wildman–Crippen MR) is 86.7 cm³/mol. The van der Waals surface area contributed by atoms with Crippen LogP contribution in [-0.2, 0) is 12.2 Å². The van der Waals surface area contributed by atoms with E-state index in [0.29, 0.717) is 16.1 Å². The summed E-state index contributed by atoms with van der Waals surface area (Å²) in [6.45, 7) is 2.13. The molecule has 0 saturated carbocycles. The smallest absolute Gasteiger partial charge is 0.178 e. The Hall–Kier alpha value is -2.13. The monoisotopic (exact) mass is 314 g/mol. The van der Waals surface area contributed by atoms with Gasteiger partial charge in [0.15, 0.2) is 5.67 Å². The minimum absolute atomic E-state index is 0.165. The van der Waals surface area contributed by atoms with Crippen LogP contribution < -0.4 is 0 Å². The number of alkyl halides is 1. The van der Waals surface area contributed by atoms with Gasteiger partial charge in [-0.05, 0) is 30.2 Å². The first kappa shape index (κ1) is 14.8. The van der Waals surface area contributed by atoms with Crippen LogP contribution >= 0.6 is 11.6 Å². The number of rotatable bonds is 4. The molecule has 0 radical (unpaired) electrons. The molecule has 4 heteroatoms. The lowest BCUT2D eigenvalue weighted by Crippen LogP contribution is -2.28. The van der Waals surface area contributed by atoms with Crippen molar-refractivity contribution in [1.82, 2.24) is 9.55 Å². The Bertz CT molecular complexity index is 753. The van der Waals surface area contributed by atoms with E-state index >= 15 is 4.39 Å². The van der Waals surface area contributed by atoms with Crippen molar-refractivity contribution in [2.45, 2.75) is 19.1 Å². The first-order valence-corrected chi connectivity index (χ1v) is 7.43. The molecule has 0 aliphatic carbocycles. The minimum Gasteiger partial charge on any atom is -0.334 e. The molecule has 3 aromatic rings. The minimum atomic E-state index is -1.64. The van der Waals surface area contributed by atoms with Crippen molar-refractivity contribution in [2.75, 3.05) is 0 Å². The summed E-state index contributed by atoms with van der Waals surface area (Å²) in [5.74, 6) is 0. The van der Waals surface area contributed by atoms with Gasteiger partial charge in [0, 0.05) is 17.4 Å². The maximum atomic E-state index is 16.0. The maximum absolute atomic E-state index is 16.0. The number of aromatic nitrogens is 2. The molecular weight excluding hydrogens is 299 g/mol. The fourth-order valence-corrected chi connectivity index (χ4v) is 2.71. The Labute approximate surface area is 134 Å². The molecule has 0 N–H and O–H groups in total. The van der Waals surface area contributed by atoms with Crippen molar-refractivity contribution < 1.29 is 4.39 Å². The highest BCUT2D eigenvalue weighted by Crippen LogP contribution is 2.36. The van der Waals surface area contributed by atoms with Crippen molar-refractivity contribution >= 4 is 11.6 Å². The highest BCUT2D eigenvalue weighted by Gasteiger charge is 2.34. The van der Waals surface area contributed by atoms with E-state index in [1.54, 1.807) is 47.6 Å². The van der Waals surface area contributed by atoms with Gasteiger partial charge in [-0.2, -0.15) is 0 Å². The molecule has 1 heterocycles. The molecule has 0 amide bonds. The summed E-state index contributed by atoms with van der Waals surface area (Å²) in [5.41, 5.74) is 0.593. The van der Waals surface area contributed by atoms with Crippen LogP contribution in [0, 0.1) is 6.92 Å². The van der Waals surface area contributed by atoms with Crippen LogP contribution in [0.1, 0.15) is 16.7 Å². The summed E-state index contributed by atoms with van der Waals surface area (Å²) in [6, 6.07) is 14.4. The molecule has 3 rings (SSSR count). The Morgan fingerprint density at radius 1 is 1.14 bits per heavy atom. The van der Waals surface area contributed by atoms with Gasteiger partial charge in [-0.25, -0.2) is 9.37 Å². The number of hydrogen-bond donors (Lipinski definition) is 0. The summed E-state index contributed by atoms with van der Waals surface area (Å²) in [6.07, 6.45) is 5.04. The summed E-state index contributed by atoms with van der Waals surface area (Å²) in [7, 11) is 0. The second-order valence-electron chi connectivity index (χ2n) is 5.41. The molecule has 2 aromatic carbocycles. The quantitative estimate of drug-likeness (QED) is 0.679. The first-order chi connectivity index (χ1) is 10.6. The van der Waals surface area contributed by atoms with Crippen molar-refractivity contribution in [2.24, 2.45) is 0 Å². The van der Waals surface area contributed by atoms with E-state index in [4.69, 9.17) is 11.6 Å². The van der Waals surface area contributed by atoms with Gasteiger partial charge >= 0.3 is 0 Å². The van der Waals surface area contributed by atoms with Crippen LogP contribution in [0.15, 0.2) is 67.3 Å². The second kappa shape index (κ2) is 5.93. The maximum Gasteiger partial charge on any atom is 0.178 e. The van der Waals surface area contributed by atoms with Gasteiger partial charge in [0.1, 0.15) is 0 Å². The van der Waals surface area contributed by atoms with Crippen LogP contribution in [0.25, 0.3) is 0 Å². The van der Waals surface area contributed by atoms with E-state index in [-0.39, 0.29) is 6.54 Å². The zero-order valence-corrected chi connectivity index (χ0v) is 13.0. The van der Waals surface area contributed by atoms with Crippen LogP contribution in [0.2, 0.25) is 5.02 Å². The van der Waals surface area contributed by atoms with E-state index in [2.05, 4.69) is 4.98 Å². The fourth-order valence-electron chi connectivity index (χ4n) is 2.59. The normalized spacial score (nSPS) is 13.8. The summed E-state index contributed by atoms with van der Waals surface area (Å²) >= 11 is 5.94. The predicted octanol–water partition coefficient (Wildman–Crippen LogP) is 4.76. The van der Waals surface area contributed by atoms with Gasteiger partial charge in [-0.1, -0.05) is 53.6 Å². The SMILES string of the molecule is Cc1cccc(C(F)(Cn2ccnc2)c2ccc(Cl)cc2)c1. The summed E-state index contributed by atoms with van der Waals surface area (Å²) < 4.78 is 17.8. The van der Waals surface area contributed by atoms with Crippen molar-refractivity contribution in [3.05, 3.63) is 89.0 Å². The lowest BCUT2D eigenvalue weighted by molar-refractivity contribution is 0.189. The Morgan fingerprint density at radius 3 is 2.55 bits per heavy atom. The molecule has 22 heavy (non-hydrogen) atoms. The topological polar surface area (TPSA) is 17.8 Å². The third kappa shape index (κ3) is 2.90. The van der Waals surface area contributed by atoms with Crippen molar-refractivity contribution in [1.29, 1.82) is 0 Å². The molecule has 0 aliphatic rings. The largest absolute Gasteiger partial charge is 0.334 e. The molecule has 0 saturated heterocycles. The van der Waals surface area contributed by atoms with E-state index in [9.17, 15) is 0 Å². The van der Waals surface area contributed by atoms with Gasteiger partial charge in [0.2, 0.25) is 0 Å². The third-order valence-corrected chi connectivity index (χ3v) is 3.99. The summed E-state index contributed by atoms with van der Waals surface area (Å²) in [4.78, 5) is 4.00. The molecule has 2 nitrogen and oxygen atoms in total. The van der Waals surface area contributed by atoms with Gasteiger partial charge in [-0.15, -0.1) is 0 Å². The lowest BCUT2D eigenvalue weighted by Gasteiger charge is -2.27. The number of imidazole rings is 1.